The molecule has 0 saturated heterocycles. The number of aromatic nitrogens is 3. The molecule has 4 rings (SSSR count). The molecule has 0 atom stereocenters. The predicted octanol–water partition coefficient (Wildman–Crippen LogP) is 5.26. The lowest BCUT2D eigenvalue weighted by Gasteiger charge is -2.06. The zero-order valence-electron chi connectivity index (χ0n) is 13.7. The topological polar surface area (TPSA) is 83.8 Å². The van der Waals surface area contributed by atoms with E-state index in [4.69, 9.17) is 27.6 Å². The fourth-order valence-electron chi connectivity index (χ4n) is 2.53. The molecule has 2 aromatic carbocycles. The van der Waals surface area contributed by atoms with Gasteiger partial charge in [0.25, 0.3) is 11.1 Å². The van der Waals surface area contributed by atoms with E-state index < -0.39 is 0 Å². The maximum absolute atomic E-state index is 12.1. The van der Waals surface area contributed by atoms with Crippen LogP contribution >= 0.6 is 35.0 Å². The molecule has 0 unspecified atom stereocenters. The van der Waals surface area contributed by atoms with E-state index in [-0.39, 0.29) is 11.7 Å². The zero-order chi connectivity index (χ0) is 18.8. The van der Waals surface area contributed by atoms with Gasteiger partial charge in [-0.1, -0.05) is 53.2 Å². The molecule has 0 radical (unpaired) electrons. The molecule has 0 bridgehead atoms. The van der Waals surface area contributed by atoms with Crippen LogP contribution < -0.4 is 5.32 Å². The average molecular weight is 419 g/mol. The fourth-order valence-corrected chi connectivity index (χ4v) is 3.55. The minimum Gasteiger partial charge on any atom is -0.411 e. The van der Waals surface area contributed by atoms with E-state index in [9.17, 15) is 4.79 Å². The Labute approximate surface area is 168 Å². The molecular weight excluding hydrogens is 407 g/mol. The normalized spacial score (nSPS) is 11.0. The van der Waals surface area contributed by atoms with Crippen LogP contribution in [0.1, 0.15) is 0 Å². The lowest BCUT2D eigenvalue weighted by atomic mass is 10.2. The number of rotatable bonds is 5. The Hall–Kier alpha value is -2.48. The Morgan fingerprint density at radius 2 is 2.04 bits per heavy atom. The summed E-state index contributed by atoms with van der Waals surface area (Å²) in [4.78, 5) is 15.3. The molecule has 136 valence electrons. The van der Waals surface area contributed by atoms with Gasteiger partial charge in [0.05, 0.1) is 22.0 Å². The van der Waals surface area contributed by atoms with Gasteiger partial charge < -0.3 is 14.7 Å². The van der Waals surface area contributed by atoms with Crippen LogP contribution in [0.25, 0.3) is 22.4 Å². The summed E-state index contributed by atoms with van der Waals surface area (Å²) in [6.07, 6.45) is 1.82. The standard InChI is InChI=1S/C18H12Cl2N4O2S/c19-10-5-6-15(13(20)7-10)22-16(25)9-27-18-24-23-17(26-18)12-8-21-14-4-2-1-3-11(12)14/h1-8,21H,9H2,(H,22,25). The number of carbonyl (C=O) groups is 1. The first-order chi connectivity index (χ1) is 13.1. The number of carbonyl (C=O) groups excluding carboxylic acids is 1. The van der Waals surface area contributed by atoms with E-state index in [0.717, 1.165) is 28.2 Å². The van der Waals surface area contributed by atoms with Crippen LogP contribution in [0.5, 0.6) is 0 Å². The van der Waals surface area contributed by atoms with Crippen LogP contribution in [0.15, 0.2) is 58.3 Å². The Balaban J connectivity index is 1.41. The number of hydrogen-bond donors (Lipinski definition) is 2. The van der Waals surface area contributed by atoms with Crippen molar-refractivity contribution in [2.45, 2.75) is 5.22 Å². The molecule has 9 heteroatoms. The SMILES string of the molecule is O=C(CSc1nnc(-c2c[nH]c3ccccc23)o1)Nc1ccc(Cl)cc1Cl. The maximum atomic E-state index is 12.1. The Bertz CT molecular complexity index is 1130. The third-order valence-electron chi connectivity index (χ3n) is 3.76. The molecule has 4 aromatic rings. The van der Waals surface area contributed by atoms with Gasteiger partial charge in [0.1, 0.15) is 0 Å². The number of anilines is 1. The number of benzene rings is 2. The largest absolute Gasteiger partial charge is 0.411 e. The summed E-state index contributed by atoms with van der Waals surface area (Å²) in [5.74, 6) is 0.265. The molecule has 1 amide bonds. The summed E-state index contributed by atoms with van der Waals surface area (Å²) < 4.78 is 5.67. The minimum atomic E-state index is -0.240. The van der Waals surface area contributed by atoms with E-state index in [1.54, 1.807) is 18.2 Å². The van der Waals surface area contributed by atoms with Gasteiger partial charge in [0, 0.05) is 22.1 Å². The molecule has 0 aliphatic carbocycles. The third-order valence-corrected chi connectivity index (χ3v) is 5.12. The summed E-state index contributed by atoms with van der Waals surface area (Å²) in [6, 6.07) is 12.7. The quantitative estimate of drug-likeness (QED) is 0.432. The van der Waals surface area contributed by atoms with Gasteiger partial charge in [-0.2, -0.15) is 0 Å². The van der Waals surface area contributed by atoms with Crippen LogP contribution in [-0.2, 0) is 4.79 Å². The highest BCUT2D eigenvalue weighted by atomic mass is 35.5. The number of H-pyrrole nitrogens is 1. The number of aromatic amines is 1. The van der Waals surface area contributed by atoms with E-state index in [1.807, 2.05) is 30.5 Å². The lowest BCUT2D eigenvalue weighted by molar-refractivity contribution is -0.113. The smallest absolute Gasteiger partial charge is 0.277 e. The number of nitrogens with one attached hydrogen (secondary N) is 2. The molecule has 0 aliphatic heterocycles. The van der Waals surface area contributed by atoms with E-state index in [2.05, 4.69) is 20.5 Å². The second-order valence-electron chi connectivity index (χ2n) is 5.58. The summed E-state index contributed by atoms with van der Waals surface area (Å²) in [7, 11) is 0. The number of hydrogen-bond acceptors (Lipinski definition) is 5. The van der Waals surface area contributed by atoms with Crippen molar-refractivity contribution in [3.63, 3.8) is 0 Å². The molecule has 27 heavy (non-hydrogen) atoms. The van der Waals surface area contributed by atoms with Gasteiger partial charge in [-0.25, -0.2) is 0 Å². The highest BCUT2D eigenvalue weighted by molar-refractivity contribution is 7.99. The third kappa shape index (κ3) is 3.95. The molecular formula is C18H12Cl2N4O2S. The minimum absolute atomic E-state index is 0.106. The van der Waals surface area contributed by atoms with Crippen LogP contribution in [0.4, 0.5) is 5.69 Å². The van der Waals surface area contributed by atoms with Crippen molar-refractivity contribution < 1.29 is 9.21 Å². The highest BCUT2D eigenvalue weighted by Gasteiger charge is 2.15. The average Bonchev–Trinajstić information content (AvgIpc) is 3.29. The van der Waals surface area contributed by atoms with Gasteiger partial charge in [0.15, 0.2) is 0 Å². The van der Waals surface area contributed by atoms with Crippen molar-refractivity contribution in [1.82, 2.24) is 15.2 Å². The van der Waals surface area contributed by atoms with Crippen molar-refractivity contribution in [2.75, 3.05) is 11.1 Å². The van der Waals surface area contributed by atoms with Crippen LogP contribution in [0, 0.1) is 0 Å². The van der Waals surface area contributed by atoms with Gasteiger partial charge in [0.2, 0.25) is 5.91 Å². The Morgan fingerprint density at radius 3 is 2.89 bits per heavy atom. The monoisotopic (exact) mass is 418 g/mol. The van der Waals surface area contributed by atoms with E-state index in [0.29, 0.717) is 26.8 Å². The molecule has 0 saturated carbocycles. The molecule has 0 aliphatic rings. The second kappa shape index (κ2) is 7.64. The maximum Gasteiger partial charge on any atom is 0.277 e. The van der Waals surface area contributed by atoms with Gasteiger partial charge in [-0.3, -0.25) is 4.79 Å². The van der Waals surface area contributed by atoms with Crippen molar-refractivity contribution in [1.29, 1.82) is 0 Å². The first kappa shape index (κ1) is 17.9. The second-order valence-corrected chi connectivity index (χ2v) is 7.35. The predicted molar refractivity (Wildman–Crippen MR) is 107 cm³/mol. The molecule has 2 heterocycles. The first-order valence-electron chi connectivity index (χ1n) is 7.88. The molecule has 2 N–H and O–H groups in total. The van der Waals surface area contributed by atoms with Crippen molar-refractivity contribution in [3.8, 4) is 11.5 Å². The first-order valence-corrected chi connectivity index (χ1v) is 9.62. The van der Waals surface area contributed by atoms with E-state index in [1.165, 1.54) is 0 Å². The summed E-state index contributed by atoms with van der Waals surface area (Å²) >= 11 is 13.0. The van der Waals surface area contributed by atoms with Gasteiger partial charge in [-0.05, 0) is 24.3 Å². The zero-order valence-corrected chi connectivity index (χ0v) is 16.0. The fraction of sp³-hybridized carbons (Fsp3) is 0.0556. The van der Waals surface area contributed by atoms with Crippen molar-refractivity contribution in [3.05, 3.63) is 58.7 Å². The molecule has 2 aromatic heterocycles. The number of nitrogens with zero attached hydrogens (tertiary/aromatic N) is 2. The molecule has 0 spiro atoms. The number of halogens is 2. The van der Waals surface area contributed by atoms with Crippen LogP contribution in [0.2, 0.25) is 10.0 Å². The summed E-state index contributed by atoms with van der Waals surface area (Å²) in [5.41, 5.74) is 2.30. The highest BCUT2D eigenvalue weighted by Crippen LogP contribution is 2.30. The Morgan fingerprint density at radius 1 is 1.19 bits per heavy atom. The number of amides is 1. The van der Waals surface area contributed by atoms with Crippen LogP contribution in [0.3, 0.4) is 0 Å². The number of para-hydroxylation sites is 1. The van der Waals surface area contributed by atoms with Crippen LogP contribution in [-0.4, -0.2) is 26.8 Å². The lowest BCUT2D eigenvalue weighted by Crippen LogP contribution is -2.14. The summed E-state index contributed by atoms with van der Waals surface area (Å²) in [6.45, 7) is 0. The number of thioether (sulfide) groups is 1. The Kier molecular flexibility index (Phi) is 5.07. The van der Waals surface area contributed by atoms with E-state index >= 15 is 0 Å². The number of fused-ring (bicyclic) bond motifs is 1. The molecule has 6 nitrogen and oxygen atoms in total. The van der Waals surface area contributed by atoms with Gasteiger partial charge >= 0.3 is 0 Å². The summed E-state index contributed by atoms with van der Waals surface area (Å²) in [5, 5.41) is 13.0. The molecule has 0 fully saturated rings. The van der Waals surface area contributed by atoms with Gasteiger partial charge in [-0.15, -0.1) is 10.2 Å². The van der Waals surface area contributed by atoms with Crippen molar-refractivity contribution in [2.24, 2.45) is 0 Å². The van der Waals surface area contributed by atoms with Crippen molar-refractivity contribution >= 4 is 57.5 Å².